The van der Waals surface area contributed by atoms with E-state index in [1.54, 1.807) is 32.2 Å². The van der Waals surface area contributed by atoms with Crippen LogP contribution in [0.2, 0.25) is 0 Å². The lowest BCUT2D eigenvalue weighted by atomic mass is 10.2. The van der Waals surface area contributed by atoms with Crippen LogP contribution in [-0.4, -0.2) is 36.7 Å². The van der Waals surface area contributed by atoms with E-state index in [-0.39, 0.29) is 16.4 Å². The first-order valence-corrected chi connectivity index (χ1v) is 9.48. The van der Waals surface area contributed by atoms with Gasteiger partial charge in [-0.25, -0.2) is 13.4 Å². The van der Waals surface area contributed by atoms with Gasteiger partial charge in [-0.05, 0) is 25.1 Å². The van der Waals surface area contributed by atoms with E-state index in [9.17, 15) is 13.2 Å². The van der Waals surface area contributed by atoms with Crippen molar-refractivity contribution in [2.45, 2.75) is 25.7 Å². The molecule has 0 fully saturated rings. The average molecular weight is 353 g/mol. The van der Waals surface area contributed by atoms with Gasteiger partial charge in [0.1, 0.15) is 0 Å². The SMILES string of the molecule is CCN(CC)S(=O)(=O)c1cccc(C(=O)Nc2ncc(C)s2)c1. The maximum Gasteiger partial charge on any atom is 0.257 e. The molecule has 8 heteroatoms. The van der Waals surface area contributed by atoms with Crippen LogP contribution in [0.5, 0.6) is 0 Å². The molecule has 23 heavy (non-hydrogen) atoms. The molecular weight excluding hydrogens is 334 g/mol. The van der Waals surface area contributed by atoms with Crippen LogP contribution in [0.15, 0.2) is 35.4 Å². The van der Waals surface area contributed by atoms with Gasteiger partial charge in [0.15, 0.2) is 5.13 Å². The van der Waals surface area contributed by atoms with E-state index in [0.717, 1.165) is 4.88 Å². The molecule has 6 nitrogen and oxygen atoms in total. The molecule has 1 heterocycles. The molecule has 1 N–H and O–H groups in total. The Balaban J connectivity index is 2.27. The van der Waals surface area contributed by atoms with Crippen LogP contribution in [0.25, 0.3) is 0 Å². The predicted molar refractivity (Wildman–Crippen MR) is 91.4 cm³/mol. The van der Waals surface area contributed by atoms with Crippen LogP contribution < -0.4 is 5.32 Å². The first kappa shape index (κ1) is 17.6. The fourth-order valence-electron chi connectivity index (χ4n) is 2.09. The lowest BCUT2D eigenvalue weighted by molar-refractivity contribution is 0.102. The summed E-state index contributed by atoms with van der Waals surface area (Å²) in [5.41, 5.74) is 0.283. The number of sulfonamides is 1. The van der Waals surface area contributed by atoms with Crippen LogP contribution in [-0.2, 0) is 10.0 Å². The van der Waals surface area contributed by atoms with Crippen molar-refractivity contribution >= 4 is 32.4 Å². The highest BCUT2D eigenvalue weighted by molar-refractivity contribution is 7.89. The molecule has 1 amide bonds. The molecule has 0 aliphatic carbocycles. The van der Waals surface area contributed by atoms with Crippen molar-refractivity contribution in [3.8, 4) is 0 Å². The monoisotopic (exact) mass is 353 g/mol. The summed E-state index contributed by atoms with van der Waals surface area (Å²) in [5.74, 6) is -0.379. The molecule has 0 spiro atoms. The summed E-state index contributed by atoms with van der Waals surface area (Å²) in [4.78, 5) is 17.4. The van der Waals surface area contributed by atoms with Crippen molar-refractivity contribution in [2.24, 2.45) is 0 Å². The summed E-state index contributed by atoms with van der Waals surface area (Å²) >= 11 is 1.36. The Hall–Kier alpha value is -1.77. The number of carbonyl (C=O) groups is 1. The summed E-state index contributed by atoms with van der Waals surface area (Å²) in [6.45, 7) is 6.22. The second kappa shape index (κ2) is 7.20. The Morgan fingerprint density at radius 1 is 1.30 bits per heavy atom. The van der Waals surface area contributed by atoms with Gasteiger partial charge in [0, 0.05) is 29.7 Å². The van der Waals surface area contributed by atoms with Crippen molar-refractivity contribution < 1.29 is 13.2 Å². The lowest BCUT2D eigenvalue weighted by Crippen LogP contribution is -2.30. The fraction of sp³-hybridized carbons (Fsp3) is 0.333. The largest absolute Gasteiger partial charge is 0.298 e. The van der Waals surface area contributed by atoms with Crippen molar-refractivity contribution in [3.63, 3.8) is 0 Å². The minimum absolute atomic E-state index is 0.115. The van der Waals surface area contributed by atoms with Crippen LogP contribution in [0.1, 0.15) is 29.1 Å². The molecule has 0 radical (unpaired) electrons. The second-order valence-electron chi connectivity index (χ2n) is 4.85. The van der Waals surface area contributed by atoms with Gasteiger partial charge < -0.3 is 0 Å². The van der Waals surface area contributed by atoms with Gasteiger partial charge in [-0.1, -0.05) is 19.9 Å². The molecule has 0 aliphatic rings. The maximum absolute atomic E-state index is 12.5. The predicted octanol–water partition coefficient (Wildman–Crippen LogP) is 2.73. The number of amides is 1. The second-order valence-corrected chi connectivity index (χ2v) is 8.02. The molecule has 124 valence electrons. The number of nitrogens with one attached hydrogen (secondary N) is 1. The molecule has 0 bridgehead atoms. The molecular formula is C15H19N3O3S2. The Morgan fingerprint density at radius 2 is 2.00 bits per heavy atom. The highest BCUT2D eigenvalue weighted by Crippen LogP contribution is 2.20. The van der Waals surface area contributed by atoms with Crippen molar-refractivity contribution in [1.29, 1.82) is 0 Å². The van der Waals surface area contributed by atoms with Crippen LogP contribution in [0.3, 0.4) is 0 Å². The fourth-order valence-corrected chi connectivity index (χ4v) is 4.26. The third kappa shape index (κ3) is 3.95. The van der Waals surface area contributed by atoms with Crippen molar-refractivity contribution in [3.05, 3.63) is 40.9 Å². The van der Waals surface area contributed by atoms with Gasteiger partial charge in [-0.3, -0.25) is 10.1 Å². The summed E-state index contributed by atoms with van der Waals surface area (Å²) in [6, 6.07) is 6.04. The number of thiazole rings is 1. The molecule has 2 rings (SSSR count). The molecule has 2 aromatic rings. The Morgan fingerprint density at radius 3 is 2.57 bits per heavy atom. The molecule has 1 aromatic heterocycles. The standard InChI is InChI=1S/C15H19N3O3S2/c1-4-18(5-2)23(20,21)13-8-6-7-12(9-13)14(19)17-15-16-10-11(3)22-15/h6-10H,4-5H2,1-3H3,(H,16,17,19). The van der Waals surface area contributed by atoms with E-state index in [0.29, 0.717) is 18.2 Å². The minimum Gasteiger partial charge on any atom is -0.298 e. The number of benzene rings is 1. The Kier molecular flexibility index (Phi) is 5.51. The van der Waals surface area contributed by atoms with Gasteiger partial charge in [-0.2, -0.15) is 4.31 Å². The summed E-state index contributed by atoms with van der Waals surface area (Å²) in [6.07, 6.45) is 1.67. The number of hydrogen-bond acceptors (Lipinski definition) is 5. The highest BCUT2D eigenvalue weighted by atomic mass is 32.2. The Labute approximate surface area is 140 Å². The molecule has 0 saturated carbocycles. The molecule has 0 atom stereocenters. The van der Waals surface area contributed by atoms with Crippen LogP contribution in [0, 0.1) is 6.92 Å². The normalized spacial score (nSPS) is 11.7. The Bertz CT molecular complexity index is 796. The zero-order valence-corrected chi connectivity index (χ0v) is 14.9. The number of carbonyl (C=O) groups excluding carboxylic acids is 1. The topological polar surface area (TPSA) is 79.4 Å². The van der Waals surface area contributed by atoms with E-state index in [1.807, 2.05) is 6.92 Å². The highest BCUT2D eigenvalue weighted by Gasteiger charge is 2.22. The van der Waals surface area contributed by atoms with E-state index in [4.69, 9.17) is 0 Å². The average Bonchev–Trinajstić information content (AvgIpc) is 2.93. The van der Waals surface area contributed by atoms with Gasteiger partial charge in [0.2, 0.25) is 10.0 Å². The minimum atomic E-state index is -3.59. The lowest BCUT2D eigenvalue weighted by Gasteiger charge is -2.18. The van der Waals surface area contributed by atoms with Gasteiger partial charge in [-0.15, -0.1) is 11.3 Å². The quantitative estimate of drug-likeness (QED) is 0.866. The number of anilines is 1. The third-order valence-electron chi connectivity index (χ3n) is 3.28. The zero-order chi connectivity index (χ0) is 17.0. The van der Waals surface area contributed by atoms with Crippen molar-refractivity contribution in [2.75, 3.05) is 18.4 Å². The summed E-state index contributed by atoms with van der Waals surface area (Å²) in [7, 11) is -3.59. The maximum atomic E-state index is 12.5. The van der Waals surface area contributed by atoms with Gasteiger partial charge in [0.05, 0.1) is 4.90 Å². The van der Waals surface area contributed by atoms with E-state index in [2.05, 4.69) is 10.3 Å². The number of rotatable bonds is 6. The zero-order valence-electron chi connectivity index (χ0n) is 13.2. The van der Waals surface area contributed by atoms with Crippen molar-refractivity contribution in [1.82, 2.24) is 9.29 Å². The summed E-state index contributed by atoms with van der Waals surface area (Å²) in [5, 5.41) is 3.17. The first-order valence-electron chi connectivity index (χ1n) is 7.22. The van der Waals surface area contributed by atoms with Crippen LogP contribution in [0.4, 0.5) is 5.13 Å². The molecule has 0 unspecified atom stereocenters. The molecule has 0 aliphatic heterocycles. The van der Waals surface area contributed by atoms with E-state index >= 15 is 0 Å². The number of hydrogen-bond donors (Lipinski definition) is 1. The number of nitrogens with zero attached hydrogens (tertiary/aromatic N) is 2. The number of aromatic nitrogens is 1. The molecule has 0 saturated heterocycles. The van der Waals surface area contributed by atoms with Gasteiger partial charge >= 0.3 is 0 Å². The summed E-state index contributed by atoms with van der Waals surface area (Å²) < 4.78 is 26.4. The van der Waals surface area contributed by atoms with Gasteiger partial charge in [0.25, 0.3) is 5.91 Å². The smallest absolute Gasteiger partial charge is 0.257 e. The van der Waals surface area contributed by atoms with E-state index < -0.39 is 10.0 Å². The van der Waals surface area contributed by atoms with Crippen LogP contribution >= 0.6 is 11.3 Å². The first-order chi connectivity index (χ1) is 10.9. The third-order valence-corrected chi connectivity index (χ3v) is 6.16. The van der Waals surface area contributed by atoms with E-state index in [1.165, 1.54) is 27.8 Å². The number of aryl methyl sites for hydroxylation is 1. The molecule has 1 aromatic carbocycles.